The minimum atomic E-state index is -0.529. The van der Waals surface area contributed by atoms with Crippen LogP contribution >= 0.6 is 11.6 Å². The zero-order valence-electron chi connectivity index (χ0n) is 12.7. The molecule has 1 amide bonds. The molecular weight excluding hydrogens is 289 g/mol. The van der Waals surface area contributed by atoms with Gasteiger partial charge in [-0.25, -0.2) is 4.39 Å². The maximum atomic E-state index is 13.1. The van der Waals surface area contributed by atoms with E-state index in [2.05, 4.69) is 0 Å². The summed E-state index contributed by atoms with van der Waals surface area (Å²) in [6.07, 6.45) is 3.14. The number of carbonyl (C=O) groups is 1. The van der Waals surface area contributed by atoms with E-state index in [9.17, 15) is 9.18 Å². The highest BCUT2D eigenvalue weighted by Crippen LogP contribution is 2.29. The minimum absolute atomic E-state index is 0.117. The van der Waals surface area contributed by atoms with Gasteiger partial charge in [-0.2, -0.15) is 0 Å². The normalized spacial score (nSPS) is 20.2. The molecule has 1 aliphatic heterocycles. The molecule has 1 fully saturated rings. The van der Waals surface area contributed by atoms with Crippen molar-refractivity contribution in [1.82, 2.24) is 4.90 Å². The summed E-state index contributed by atoms with van der Waals surface area (Å²) < 4.78 is 13.1. The summed E-state index contributed by atoms with van der Waals surface area (Å²) in [6.45, 7) is 5.27. The summed E-state index contributed by atoms with van der Waals surface area (Å²) >= 11 is 5.93. The molecule has 0 radical (unpaired) electrons. The molecule has 1 unspecified atom stereocenters. The molecule has 21 heavy (non-hydrogen) atoms. The van der Waals surface area contributed by atoms with E-state index in [0.717, 1.165) is 31.4 Å². The Kier molecular flexibility index (Phi) is 5.26. The molecule has 4 heteroatoms. The second kappa shape index (κ2) is 6.78. The van der Waals surface area contributed by atoms with Crippen LogP contribution in [-0.2, 0) is 4.79 Å². The lowest BCUT2D eigenvalue weighted by atomic mass is 9.92. The molecule has 1 atom stereocenters. The highest BCUT2D eigenvalue weighted by molar-refractivity contribution is 6.19. The van der Waals surface area contributed by atoms with Crippen LogP contribution in [0.4, 0.5) is 4.39 Å². The number of nitrogens with zero attached hydrogens (tertiary/aromatic N) is 1. The first-order valence-electron chi connectivity index (χ1n) is 7.55. The topological polar surface area (TPSA) is 20.3 Å². The van der Waals surface area contributed by atoms with Crippen molar-refractivity contribution in [3.8, 4) is 0 Å². The Morgan fingerprint density at radius 1 is 1.33 bits per heavy atom. The third-order valence-corrected chi connectivity index (χ3v) is 4.88. The third-order valence-electron chi connectivity index (χ3n) is 4.21. The van der Waals surface area contributed by atoms with E-state index in [-0.39, 0.29) is 17.6 Å². The van der Waals surface area contributed by atoms with Gasteiger partial charge in [-0.1, -0.05) is 18.6 Å². The molecule has 0 spiro atoms. The van der Waals surface area contributed by atoms with Gasteiger partial charge in [0.1, 0.15) is 5.82 Å². The standard InChI is InChI=1S/C17H23ClFNO/c1-17(2,12-18)16(21)20-10-4-3-5-14(11-20)13-6-8-15(19)9-7-13/h6-9,14H,3-5,10-12H2,1-2H3. The first-order valence-corrected chi connectivity index (χ1v) is 8.08. The fraction of sp³-hybridized carbons (Fsp3) is 0.588. The minimum Gasteiger partial charge on any atom is -0.342 e. The Balaban J connectivity index is 2.15. The number of hydrogen-bond donors (Lipinski definition) is 0. The van der Waals surface area contributed by atoms with E-state index in [1.165, 1.54) is 12.1 Å². The highest BCUT2D eigenvalue weighted by Gasteiger charge is 2.33. The van der Waals surface area contributed by atoms with Gasteiger partial charge < -0.3 is 4.90 Å². The van der Waals surface area contributed by atoms with Gasteiger partial charge in [0.05, 0.1) is 5.41 Å². The van der Waals surface area contributed by atoms with E-state index >= 15 is 0 Å². The van der Waals surface area contributed by atoms with E-state index in [1.54, 1.807) is 0 Å². The third kappa shape index (κ3) is 3.97. The van der Waals surface area contributed by atoms with E-state index in [1.807, 2.05) is 30.9 Å². The molecule has 0 aliphatic carbocycles. The van der Waals surface area contributed by atoms with Crippen LogP contribution in [0.2, 0.25) is 0 Å². The van der Waals surface area contributed by atoms with Crippen LogP contribution in [0, 0.1) is 11.2 Å². The molecule has 1 aliphatic rings. The van der Waals surface area contributed by atoms with Crippen LogP contribution in [0.25, 0.3) is 0 Å². The average Bonchev–Trinajstić information content (AvgIpc) is 2.73. The predicted octanol–water partition coefficient (Wildman–Crippen LogP) is 4.19. The van der Waals surface area contributed by atoms with Gasteiger partial charge in [-0.05, 0) is 44.4 Å². The molecule has 1 aromatic carbocycles. The first-order chi connectivity index (χ1) is 9.94. The quantitative estimate of drug-likeness (QED) is 0.767. The summed E-state index contributed by atoms with van der Waals surface area (Å²) in [5.41, 5.74) is 0.582. The summed E-state index contributed by atoms with van der Waals surface area (Å²) in [5.74, 6) is 0.502. The zero-order chi connectivity index (χ0) is 15.5. The predicted molar refractivity (Wildman–Crippen MR) is 84.1 cm³/mol. The number of carbonyl (C=O) groups excluding carboxylic acids is 1. The number of amides is 1. The molecule has 2 nitrogen and oxygen atoms in total. The van der Waals surface area contributed by atoms with Crippen molar-refractivity contribution >= 4 is 17.5 Å². The van der Waals surface area contributed by atoms with Crippen LogP contribution in [0.1, 0.15) is 44.6 Å². The van der Waals surface area contributed by atoms with Gasteiger partial charge in [0, 0.05) is 24.9 Å². The van der Waals surface area contributed by atoms with Crippen LogP contribution in [0.5, 0.6) is 0 Å². The zero-order valence-corrected chi connectivity index (χ0v) is 13.5. The molecular formula is C17H23ClFNO. The SMILES string of the molecule is CC(C)(CCl)C(=O)N1CCCCC(c2ccc(F)cc2)C1. The maximum absolute atomic E-state index is 13.1. The van der Waals surface area contributed by atoms with Crippen molar-refractivity contribution in [3.63, 3.8) is 0 Å². The number of rotatable bonds is 3. The molecule has 1 aromatic rings. The molecule has 0 N–H and O–H groups in total. The molecule has 2 rings (SSSR count). The summed E-state index contributed by atoms with van der Waals surface area (Å²) in [4.78, 5) is 14.6. The second-order valence-electron chi connectivity index (χ2n) is 6.51. The van der Waals surface area contributed by atoms with Crippen molar-refractivity contribution in [1.29, 1.82) is 0 Å². The van der Waals surface area contributed by atoms with E-state index < -0.39 is 5.41 Å². The average molecular weight is 312 g/mol. The van der Waals surface area contributed by atoms with Crippen LogP contribution < -0.4 is 0 Å². The lowest BCUT2D eigenvalue weighted by molar-refractivity contribution is -0.139. The number of benzene rings is 1. The van der Waals surface area contributed by atoms with E-state index in [4.69, 9.17) is 11.6 Å². The van der Waals surface area contributed by atoms with Crippen molar-refractivity contribution in [3.05, 3.63) is 35.6 Å². The number of alkyl halides is 1. The molecule has 1 heterocycles. The fourth-order valence-electron chi connectivity index (χ4n) is 2.82. The van der Waals surface area contributed by atoms with Gasteiger partial charge in [0.2, 0.25) is 5.91 Å². The molecule has 1 saturated heterocycles. The van der Waals surface area contributed by atoms with Crippen LogP contribution in [-0.4, -0.2) is 29.8 Å². The molecule has 0 saturated carbocycles. The van der Waals surface area contributed by atoms with Gasteiger partial charge in [-0.15, -0.1) is 11.6 Å². The Hall–Kier alpha value is -1.09. The first kappa shape index (κ1) is 16.3. The lowest BCUT2D eigenvalue weighted by Gasteiger charge is -2.31. The Bertz CT molecular complexity index is 486. The number of halogens is 2. The summed E-state index contributed by atoms with van der Waals surface area (Å²) in [6, 6.07) is 6.66. The van der Waals surface area contributed by atoms with Gasteiger partial charge in [-0.3, -0.25) is 4.79 Å². The lowest BCUT2D eigenvalue weighted by Crippen LogP contribution is -2.43. The Labute approximate surface area is 131 Å². The van der Waals surface area contributed by atoms with Crippen molar-refractivity contribution in [2.75, 3.05) is 19.0 Å². The second-order valence-corrected chi connectivity index (χ2v) is 6.78. The van der Waals surface area contributed by atoms with Gasteiger partial charge >= 0.3 is 0 Å². The Morgan fingerprint density at radius 3 is 2.62 bits per heavy atom. The van der Waals surface area contributed by atoms with Crippen LogP contribution in [0.3, 0.4) is 0 Å². The Morgan fingerprint density at radius 2 is 2.00 bits per heavy atom. The smallest absolute Gasteiger partial charge is 0.229 e. The molecule has 116 valence electrons. The summed E-state index contributed by atoms with van der Waals surface area (Å²) in [5, 5.41) is 0. The monoisotopic (exact) mass is 311 g/mol. The van der Waals surface area contributed by atoms with Crippen molar-refractivity contribution < 1.29 is 9.18 Å². The maximum Gasteiger partial charge on any atom is 0.229 e. The fourth-order valence-corrected chi connectivity index (χ4v) is 2.93. The molecule has 0 aromatic heterocycles. The van der Waals surface area contributed by atoms with Crippen LogP contribution in [0.15, 0.2) is 24.3 Å². The summed E-state index contributed by atoms with van der Waals surface area (Å²) in [7, 11) is 0. The van der Waals surface area contributed by atoms with E-state index in [0.29, 0.717) is 12.4 Å². The molecule has 0 bridgehead atoms. The van der Waals surface area contributed by atoms with Crippen molar-refractivity contribution in [2.24, 2.45) is 5.41 Å². The largest absolute Gasteiger partial charge is 0.342 e. The number of likely N-dealkylation sites (tertiary alicyclic amines) is 1. The van der Waals surface area contributed by atoms with Crippen molar-refractivity contribution in [2.45, 2.75) is 39.0 Å². The highest BCUT2D eigenvalue weighted by atomic mass is 35.5. The van der Waals surface area contributed by atoms with Gasteiger partial charge in [0.15, 0.2) is 0 Å². The number of hydrogen-bond acceptors (Lipinski definition) is 1. The van der Waals surface area contributed by atoms with Gasteiger partial charge in [0.25, 0.3) is 0 Å².